The van der Waals surface area contributed by atoms with Crippen molar-refractivity contribution in [3.05, 3.63) is 72.3 Å². The first kappa shape index (κ1) is 28.2. The van der Waals surface area contributed by atoms with Gasteiger partial charge < -0.3 is 19.5 Å². The molecule has 0 unspecified atom stereocenters. The Kier molecular flexibility index (Phi) is 9.71. The second-order valence-electron chi connectivity index (χ2n) is 7.99. The van der Waals surface area contributed by atoms with E-state index in [4.69, 9.17) is 14.2 Å². The first-order chi connectivity index (χ1) is 17.7. The number of methoxy groups -OCH3 is 2. The molecular formula is C27H32N2O6S2. The zero-order valence-electron chi connectivity index (χ0n) is 21.6. The molecule has 3 rings (SSSR count). The standard InChI is InChI=1S/C27H32N2O6S2/c1-6-35-26-10-8-7-9-24(26)29(37(31,32)22-14-12-21(36-5)13-15-22)18-27(30)28-19(2)23-17-20(33-3)11-16-25(23)34-4/h7-17,19H,6,18H2,1-5H3,(H,28,30)/t19-/m0/s1. The number of hydrogen-bond donors (Lipinski definition) is 1. The minimum atomic E-state index is -4.10. The van der Waals surface area contributed by atoms with E-state index in [0.717, 1.165) is 9.20 Å². The summed E-state index contributed by atoms with van der Waals surface area (Å²) in [5, 5.41) is 2.89. The first-order valence-electron chi connectivity index (χ1n) is 11.6. The van der Waals surface area contributed by atoms with E-state index in [1.54, 1.807) is 87.9 Å². The van der Waals surface area contributed by atoms with Gasteiger partial charge in [0, 0.05) is 10.5 Å². The molecule has 37 heavy (non-hydrogen) atoms. The van der Waals surface area contributed by atoms with Crippen molar-refractivity contribution in [3.63, 3.8) is 0 Å². The quantitative estimate of drug-likeness (QED) is 0.324. The van der Waals surface area contributed by atoms with Gasteiger partial charge in [0.1, 0.15) is 23.8 Å². The van der Waals surface area contributed by atoms with Gasteiger partial charge >= 0.3 is 0 Å². The average Bonchev–Trinajstić information content (AvgIpc) is 2.91. The first-order valence-corrected chi connectivity index (χ1v) is 14.3. The number of anilines is 1. The lowest BCUT2D eigenvalue weighted by atomic mass is 10.1. The highest BCUT2D eigenvalue weighted by Gasteiger charge is 2.30. The normalized spacial score (nSPS) is 11.9. The number of carbonyl (C=O) groups is 1. The molecule has 1 N–H and O–H groups in total. The molecule has 0 saturated carbocycles. The molecule has 0 fully saturated rings. The summed E-state index contributed by atoms with van der Waals surface area (Å²) in [7, 11) is -1.00. The van der Waals surface area contributed by atoms with Crippen LogP contribution in [0.3, 0.4) is 0 Å². The van der Waals surface area contributed by atoms with Gasteiger partial charge in [0.15, 0.2) is 0 Å². The fourth-order valence-corrected chi connectivity index (χ4v) is 5.63. The summed E-state index contributed by atoms with van der Waals surface area (Å²) < 4.78 is 45.2. The van der Waals surface area contributed by atoms with Gasteiger partial charge in [0.2, 0.25) is 5.91 Å². The van der Waals surface area contributed by atoms with Crippen molar-refractivity contribution >= 4 is 33.4 Å². The number of para-hydroxylation sites is 2. The number of thioether (sulfide) groups is 1. The van der Waals surface area contributed by atoms with E-state index in [1.165, 1.54) is 11.8 Å². The van der Waals surface area contributed by atoms with Crippen molar-refractivity contribution in [1.29, 1.82) is 0 Å². The van der Waals surface area contributed by atoms with E-state index < -0.39 is 28.5 Å². The van der Waals surface area contributed by atoms with Crippen LogP contribution in [0.2, 0.25) is 0 Å². The Morgan fingerprint density at radius 2 is 1.70 bits per heavy atom. The topological polar surface area (TPSA) is 94.2 Å². The number of nitrogens with one attached hydrogen (secondary N) is 1. The summed E-state index contributed by atoms with van der Waals surface area (Å²) in [4.78, 5) is 14.3. The fourth-order valence-electron chi connectivity index (χ4n) is 3.79. The zero-order valence-corrected chi connectivity index (χ0v) is 23.2. The Bertz CT molecular complexity index is 1310. The van der Waals surface area contributed by atoms with Crippen molar-refractivity contribution in [2.75, 3.05) is 37.9 Å². The molecule has 0 heterocycles. The van der Waals surface area contributed by atoms with Crippen molar-refractivity contribution in [3.8, 4) is 17.2 Å². The zero-order chi connectivity index (χ0) is 27.0. The smallest absolute Gasteiger partial charge is 0.264 e. The third kappa shape index (κ3) is 6.69. The van der Waals surface area contributed by atoms with Crippen LogP contribution in [0.1, 0.15) is 25.5 Å². The molecule has 10 heteroatoms. The van der Waals surface area contributed by atoms with Crippen LogP contribution in [0.25, 0.3) is 0 Å². The number of ether oxygens (including phenoxy) is 3. The molecule has 3 aromatic rings. The van der Waals surface area contributed by atoms with Crippen LogP contribution in [0, 0.1) is 0 Å². The largest absolute Gasteiger partial charge is 0.497 e. The highest BCUT2D eigenvalue weighted by Crippen LogP contribution is 2.33. The Balaban J connectivity index is 1.97. The number of rotatable bonds is 12. The molecule has 0 aromatic heterocycles. The molecule has 1 amide bonds. The third-order valence-corrected chi connectivity index (χ3v) is 8.17. The van der Waals surface area contributed by atoms with E-state index in [9.17, 15) is 13.2 Å². The van der Waals surface area contributed by atoms with E-state index >= 15 is 0 Å². The SMILES string of the molecule is CCOc1ccccc1N(CC(=O)N[C@@H](C)c1cc(OC)ccc1OC)S(=O)(=O)c1ccc(SC)cc1. The molecule has 3 aromatic carbocycles. The monoisotopic (exact) mass is 544 g/mol. The Morgan fingerprint density at radius 1 is 1.00 bits per heavy atom. The third-order valence-electron chi connectivity index (χ3n) is 5.65. The predicted molar refractivity (Wildman–Crippen MR) is 146 cm³/mol. The molecule has 0 bridgehead atoms. The van der Waals surface area contributed by atoms with Crippen molar-refractivity contribution < 1.29 is 27.4 Å². The molecule has 0 aliphatic rings. The highest BCUT2D eigenvalue weighted by atomic mass is 32.2. The second-order valence-corrected chi connectivity index (χ2v) is 10.7. The lowest BCUT2D eigenvalue weighted by molar-refractivity contribution is -0.120. The van der Waals surface area contributed by atoms with E-state index in [1.807, 2.05) is 13.2 Å². The molecule has 1 atom stereocenters. The van der Waals surface area contributed by atoms with Gasteiger partial charge in [-0.2, -0.15) is 0 Å². The Morgan fingerprint density at radius 3 is 2.32 bits per heavy atom. The lowest BCUT2D eigenvalue weighted by Gasteiger charge is -2.27. The van der Waals surface area contributed by atoms with Crippen LogP contribution in [0.4, 0.5) is 5.69 Å². The number of hydrogen-bond acceptors (Lipinski definition) is 7. The van der Waals surface area contributed by atoms with Crippen LogP contribution < -0.4 is 23.8 Å². The summed E-state index contributed by atoms with van der Waals surface area (Å²) in [5.41, 5.74) is 0.979. The van der Waals surface area contributed by atoms with E-state index in [-0.39, 0.29) is 10.6 Å². The minimum Gasteiger partial charge on any atom is -0.497 e. The van der Waals surface area contributed by atoms with Gasteiger partial charge in [0.05, 0.1) is 37.5 Å². The number of benzene rings is 3. The van der Waals surface area contributed by atoms with Gasteiger partial charge in [-0.05, 0) is 74.7 Å². The van der Waals surface area contributed by atoms with Gasteiger partial charge in [0.25, 0.3) is 10.0 Å². The molecule has 0 aliphatic carbocycles. The number of nitrogens with zero attached hydrogens (tertiary/aromatic N) is 1. The van der Waals surface area contributed by atoms with Crippen LogP contribution >= 0.6 is 11.8 Å². The maximum Gasteiger partial charge on any atom is 0.264 e. The number of sulfonamides is 1. The molecule has 8 nitrogen and oxygen atoms in total. The van der Waals surface area contributed by atoms with Gasteiger partial charge in [-0.25, -0.2) is 8.42 Å². The second kappa shape index (κ2) is 12.7. The van der Waals surface area contributed by atoms with Crippen LogP contribution in [0.15, 0.2) is 76.5 Å². The van der Waals surface area contributed by atoms with Crippen molar-refractivity contribution in [2.24, 2.45) is 0 Å². The van der Waals surface area contributed by atoms with Crippen LogP contribution in [-0.2, 0) is 14.8 Å². The summed E-state index contributed by atoms with van der Waals surface area (Å²) in [6.45, 7) is 3.50. The molecule has 0 radical (unpaired) electrons. The molecule has 0 saturated heterocycles. The van der Waals surface area contributed by atoms with Crippen molar-refractivity contribution in [1.82, 2.24) is 5.32 Å². The Labute approximate surface area is 223 Å². The molecule has 198 valence electrons. The minimum absolute atomic E-state index is 0.0758. The van der Waals surface area contributed by atoms with Crippen LogP contribution in [-0.4, -0.2) is 48.0 Å². The molecular weight excluding hydrogens is 512 g/mol. The maximum atomic E-state index is 13.8. The van der Waals surface area contributed by atoms with Gasteiger partial charge in [-0.1, -0.05) is 12.1 Å². The van der Waals surface area contributed by atoms with Gasteiger partial charge in [-0.3, -0.25) is 9.10 Å². The average molecular weight is 545 g/mol. The lowest BCUT2D eigenvalue weighted by Crippen LogP contribution is -2.41. The van der Waals surface area contributed by atoms with Crippen molar-refractivity contribution in [2.45, 2.75) is 29.7 Å². The maximum absolute atomic E-state index is 13.8. The molecule has 0 spiro atoms. The summed E-state index contributed by atoms with van der Waals surface area (Å²) >= 11 is 1.51. The summed E-state index contributed by atoms with van der Waals surface area (Å²) in [5.74, 6) is 1.06. The Hall–Kier alpha value is -3.37. The molecule has 0 aliphatic heterocycles. The van der Waals surface area contributed by atoms with E-state index in [2.05, 4.69) is 5.32 Å². The van der Waals surface area contributed by atoms with Crippen LogP contribution in [0.5, 0.6) is 17.2 Å². The summed E-state index contributed by atoms with van der Waals surface area (Å²) in [6, 6.07) is 18.1. The van der Waals surface area contributed by atoms with Gasteiger partial charge in [-0.15, -0.1) is 11.8 Å². The van der Waals surface area contributed by atoms with E-state index in [0.29, 0.717) is 29.4 Å². The number of carbonyl (C=O) groups excluding carboxylic acids is 1. The summed E-state index contributed by atoms with van der Waals surface area (Å²) in [6.07, 6.45) is 1.91. The highest BCUT2D eigenvalue weighted by molar-refractivity contribution is 7.98. The number of amides is 1. The predicted octanol–water partition coefficient (Wildman–Crippen LogP) is 4.90. The fraction of sp³-hybridized carbons (Fsp3) is 0.296.